The molecular formula is C16H6N2O4. The van der Waals surface area contributed by atoms with Crippen molar-refractivity contribution in [3.63, 3.8) is 0 Å². The second kappa shape index (κ2) is 3.30. The minimum atomic E-state index is -0.476. The zero-order valence-electron chi connectivity index (χ0n) is 11.0. The Kier molecular flexibility index (Phi) is 1.71. The monoisotopic (exact) mass is 290 g/mol. The highest BCUT2D eigenvalue weighted by atomic mass is 16.2. The zero-order chi connectivity index (χ0) is 15.2. The van der Waals surface area contributed by atoms with Crippen LogP contribution in [0.2, 0.25) is 0 Å². The molecule has 8 rings (SSSR count). The fourth-order valence-electron chi connectivity index (χ4n) is 3.19. The van der Waals surface area contributed by atoms with Gasteiger partial charge in [-0.05, 0) is 36.4 Å². The van der Waals surface area contributed by atoms with E-state index in [2.05, 4.69) is 0 Å². The molecule has 0 saturated carbocycles. The molecule has 2 aromatic heterocycles. The van der Waals surface area contributed by atoms with E-state index in [1.165, 1.54) is 12.1 Å². The van der Waals surface area contributed by atoms with Crippen LogP contribution in [-0.2, 0) is 0 Å². The molecule has 22 heavy (non-hydrogen) atoms. The quantitative estimate of drug-likeness (QED) is 0.408. The summed E-state index contributed by atoms with van der Waals surface area (Å²) in [7, 11) is 0. The SMILES string of the molecule is O=c1c2cc3c(=O)n4c(=O)c3cc2c(=O)n1-c1ccc-4cc1. The Labute approximate surface area is 120 Å². The molecule has 0 amide bonds. The molecule has 0 aliphatic carbocycles. The second-order valence-electron chi connectivity index (χ2n) is 5.35. The highest BCUT2D eigenvalue weighted by Gasteiger charge is 2.22. The number of benzene rings is 2. The molecule has 104 valence electrons. The minimum Gasteiger partial charge on any atom is -0.268 e. The smallest absolute Gasteiger partial charge is 0.266 e. The Morgan fingerprint density at radius 1 is 0.500 bits per heavy atom. The van der Waals surface area contributed by atoms with Gasteiger partial charge in [0.15, 0.2) is 0 Å². The Morgan fingerprint density at radius 2 is 0.773 bits per heavy atom. The van der Waals surface area contributed by atoms with Crippen molar-refractivity contribution in [3.05, 3.63) is 77.8 Å². The molecule has 6 nitrogen and oxygen atoms in total. The van der Waals surface area contributed by atoms with Gasteiger partial charge in [-0.2, -0.15) is 0 Å². The molecule has 0 unspecified atom stereocenters. The first kappa shape index (κ1) is 11.4. The van der Waals surface area contributed by atoms with Crippen LogP contribution in [0.4, 0.5) is 0 Å². The van der Waals surface area contributed by atoms with Gasteiger partial charge >= 0.3 is 0 Å². The van der Waals surface area contributed by atoms with E-state index >= 15 is 0 Å². The lowest BCUT2D eigenvalue weighted by molar-refractivity contribution is 0.971. The van der Waals surface area contributed by atoms with Crippen LogP contribution < -0.4 is 22.2 Å². The third-order valence-corrected chi connectivity index (χ3v) is 4.26. The summed E-state index contributed by atoms with van der Waals surface area (Å²) in [4.78, 5) is 50.0. The van der Waals surface area contributed by atoms with Gasteiger partial charge in [0.25, 0.3) is 22.2 Å². The maximum atomic E-state index is 12.5. The summed E-state index contributed by atoms with van der Waals surface area (Å²) in [5.41, 5.74) is -1.07. The standard InChI is InChI=1S/C16H6N2O4/c19-13-9-5-11-12-6-10(9)14(20)17(13)7-1-2-8(4-3-7)18(15(11)21)16(12)22/h1-6H. The van der Waals surface area contributed by atoms with Crippen molar-refractivity contribution in [2.24, 2.45) is 0 Å². The minimum absolute atomic E-state index is 0.163. The van der Waals surface area contributed by atoms with E-state index in [0.717, 1.165) is 9.13 Å². The van der Waals surface area contributed by atoms with Crippen molar-refractivity contribution in [3.8, 4) is 11.4 Å². The van der Waals surface area contributed by atoms with Gasteiger partial charge in [0, 0.05) is 0 Å². The van der Waals surface area contributed by atoms with Gasteiger partial charge in [-0.15, -0.1) is 0 Å². The average Bonchev–Trinajstić information content (AvgIpc) is 2.89. The van der Waals surface area contributed by atoms with E-state index in [0.29, 0.717) is 11.4 Å². The van der Waals surface area contributed by atoms with Crippen LogP contribution in [0.25, 0.3) is 32.9 Å². The summed E-state index contributed by atoms with van der Waals surface area (Å²) in [6.45, 7) is 0. The molecule has 0 saturated heterocycles. The number of nitrogens with zero attached hydrogens (tertiary/aromatic N) is 2. The fourth-order valence-corrected chi connectivity index (χ4v) is 3.19. The van der Waals surface area contributed by atoms with Crippen LogP contribution in [0, 0.1) is 0 Å². The Balaban J connectivity index is 2.34. The van der Waals surface area contributed by atoms with Gasteiger partial charge in [-0.1, -0.05) is 0 Å². The lowest BCUT2D eigenvalue weighted by Crippen LogP contribution is -2.24. The Morgan fingerprint density at radius 3 is 1.05 bits per heavy atom. The molecule has 0 spiro atoms. The van der Waals surface area contributed by atoms with Gasteiger partial charge in [-0.25, -0.2) is 9.13 Å². The highest BCUT2D eigenvalue weighted by molar-refractivity contribution is 5.98. The molecule has 4 aliphatic heterocycles. The first-order valence-electron chi connectivity index (χ1n) is 6.63. The van der Waals surface area contributed by atoms with E-state index in [9.17, 15) is 19.2 Å². The normalized spacial score (nSPS) is 12.4. The predicted molar refractivity (Wildman–Crippen MR) is 81.1 cm³/mol. The molecule has 4 aliphatic rings. The first-order chi connectivity index (χ1) is 10.6. The first-order valence-corrected chi connectivity index (χ1v) is 6.63. The van der Waals surface area contributed by atoms with E-state index < -0.39 is 22.2 Å². The summed E-state index contributed by atoms with van der Waals surface area (Å²) in [6.07, 6.45) is 0. The van der Waals surface area contributed by atoms with Crippen LogP contribution in [0.3, 0.4) is 0 Å². The van der Waals surface area contributed by atoms with Crippen molar-refractivity contribution in [1.82, 2.24) is 9.13 Å². The van der Waals surface area contributed by atoms with Crippen molar-refractivity contribution >= 4 is 21.5 Å². The molecule has 8 bridgehead atoms. The number of aromatic nitrogens is 2. The molecular weight excluding hydrogens is 284 g/mol. The van der Waals surface area contributed by atoms with Crippen molar-refractivity contribution in [2.45, 2.75) is 0 Å². The summed E-state index contributed by atoms with van der Waals surface area (Å²) in [6, 6.07) is 8.94. The topological polar surface area (TPSA) is 78.1 Å². The molecule has 0 radical (unpaired) electrons. The Bertz CT molecular complexity index is 1150. The molecule has 0 N–H and O–H groups in total. The lowest BCUT2D eigenvalue weighted by atomic mass is 10.1. The third kappa shape index (κ3) is 1.05. The lowest BCUT2D eigenvalue weighted by Gasteiger charge is -2.03. The maximum absolute atomic E-state index is 12.5. The fraction of sp³-hybridized carbons (Fsp3) is 0. The second-order valence-corrected chi connectivity index (χ2v) is 5.35. The Hall–Kier alpha value is -3.28. The third-order valence-electron chi connectivity index (χ3n) is 4.26. The van der Waals surface area contributed by atoms with E-state index in [1.807, 2.05) is 0 Å². The molecule has 0 fully saturated rings. The van der Waals surface area contributed by atoms with Crippen LogP contribution in [0.1, 0.15) is 0 Å². The van der Waals surface area contributed by atoms with Crippen molar-refractivity contribution in [1.29, 1.82) is 0 Å². The largest absolute Gasteiger partial charge is 0.268 e. The van der Waals surface area contributed by atoms with Crippen LogP contribution in [0.5, 0.6) is 0 Å². The molecule has 4 aromatic rings. The van der Waals surface area contributed by atoms with Gasteiger partial charge < -0.3 is 0 Å². The summed E-state index contributed by atoms with van der Waals surface area (Å²) in [5, 5.41) is 0.653. The van der Waals surface area contributed by atoms with E-state index in [-0.39, 0.29) is 21.5 Å². The molecule has 6 heterocycles. The van der Waals surface area contributed by atoms with E-state index in [4.69, 9.17) is 0 Å². The summed E-state index contributed by atoms with van der Waals surface area (Å²) >= 11 is 0. The zero-order valence-corrected chi connectivity index (χ0v) is 11.0. The van der Waals surface area contributed by atoms with Gasteiger partial charge in [0.2, 0.25) is 0 Å². The maximum Gasteiger partial charge on any atom is 0.266 e. The molecule has 0 atom stereocenters. The summed E-state index contributed by atoms with van der Waals surface area (Å²) < 4.78 is 2.13. The van der Waals surface area contributed by atoms with Gasteiger partial charge in [-0.3, -0.25) is 19.2 Å². The van der Waals surface area contributed by atoms with Crippen LogP contribution in [0.15, 0.2) is 55.6 Å². The van der Waals surface area contributed by atoms with Gasteiger partial charge in [0.05, 0.1) is 32.9 Å². The van der Waals surface area contributed by atoms with Crippen molar-refractivity contribution in [2.75, 3.05) is 0 Å². The predicted octanol–water partition coefficient (Wildman–Crippen LogP) is 0.204. The highest BCUT2D eigenvalue weighted by Crippen LogP contribution is 2.19. The molecule has 6 heteroatoms. The van der Waals surface area contributed by atoms with Crippen LogP contribution in [-0.4, -0.2) is 9.13 Å². The molecule has 2 aromatic carbocycles. The van der Waals surface area contributed by atoms with E-state index in [1.54, 1.807) is 24.3 Å². The number of hydrogen-bond donors (Lipinski definition) is 0. The number of rotatable bonds is 0. The number of hydrogen-bond acceptors (Lipinski definition) is 4. The van der Waals surface area contributed by atoms with Gasteiger partial charge in [0.1, 0.15) is 0 Å². The average molecular weight is 290 g/mol. The van der Waals surface area contributed by atoms with Crippen molar-refractivity contribution < 1.29 is 0 Å². The summed E-state index contributed by atoms with van der Waals surface area (Å²) in [5.74, 6) is 0. The van der Waals surface area contributed by atoms with Crippen LogP contribution >= 0.6 is 0 Å².